The zero-order valence-corrected chi connectivity index (χ0v) is 16.6. The molecule has 0 spiro atoms. The molecule has 0 aromatic heterocycles. The van der Waals surface area contributed by atoms with E-state index in [1.165, 1.54) is 21.9 Å². The van der Waals surface area contributed by atoms with Crippen molar-refractivity contribution in [3.63, 3.8) is 0 Å². The van der Waals surface area contributed by atoms with Crippen molar-refractivity contribution in [2.24, 2.45) is 0 Å². The fraction of sp³-hybridized carbons (Fsp3) is 0.167. The van der Waals surface area contributed by atoms with E-state index in [1.807, 2.05) is 42.5 Å². The van der Waals surface area contributed by atoms with E-state index in [0.29, 0.717) is 0 Å². The molecular weight excluding hydrogens is 387 g/mol. The molecule has 0 radical (unpaired) electrons. The second-order valence-electron chi connectivity index (χ2n) is 7.18. The van der Waals surface area contributed by atoms with E-state index in [9.17, 15) is 0 Å². The van der Waals surface area contributed by atoms with Gasteiger partial charge >= 0.3 is 7.12 Å². The van der Waals surface area contributed by atoms with E-state index in [1.54, 1.807) is 0 Å². The molecule has 2 atom stereocenters. The maximum absolute atomic E-state index is 6.26. The summed E-state index contributed by atoms with van der Waals surface area (Å²) in [7, 11) is -0.220. The topological polar surface area (TPSA) is 18.5 Å². The van der Waals surface area contributed by atoms with Gasteiger partial charge in [-0.3, -0.25) is 0 Å². The average molecular weight is 408 g/mol. The Bertz CT molecular complexity index is 993. The predicted molar refractivity (Wildman–Crippen MR) is 110 cm³/mol. The third kappa shape index (κ3) is 3.74. The summed E-state index contributed by atoms with van der Waals surface area (Å²) in [5.41, 5.74) is 3.84. The molecule has 4 heteroatoms. The molecule has 6 rings (SSSR count). The summed E-state index contributed by atoms with van der Waals surface area (Å²) in [6.45, 7) is 0. The summed E-state index contributed by atoms with van der Waals surface area (Å²) < 4.78 is 12.4. The Balaban J connectivity index is 0.000000282. The second-order valence-corrected chi connectivity index (χ2v) is 7.18. The summed E-state index contributed by atoms with van der Waals surface area (Å²) in [6.07, 6.45) is 2.34. The van der Waals surface area contributed by atoms with E-state index in [-0.39, 0.29) is 36.4 Å². The van der Waals surface area contributed by atoms with Gasteiger partial charge in [-0.25, -0.2) is 18.2 Å². The average Bonchev–Trinajstić information content (AvgIpc) is 3.49. The summed E-state index contributed by atoms with van der Waals surface area (Å²) in [6, 6.07) is 31.4. The van der Waals surface area contributed by atoms with E-state index in [4.69, 9.17) is 9.31 Å². The fourth-order valence-corrected chi connectivity index (χ4v) is 4.08. The molecule has 1 saturated heterocycles. The van der Waals surface area contributed by atoms with Crippen LogP contribution in [0.25, 0.3) is 10.8 Å². The molecule has 1 heterocycles. The van der Waals surface area contributed by atoms with Gasteiger partial charge in [0.15, 0.2) is 0 Å². The molecule has 0 amide bonds. The SMILES string of the molecule is [Fe].c1cc[cH-]c1.c1ccc2cc3c(cc2c1)CC[C@@H]1OB(c2cc[cH-]c2)O[C@H]31. The molecule has 1 aliphatic carbocycles. The van der Waals surface area contributed by atoms with Gasteiger partial charge in [-0.2, -0.15) is 41.9 Å². The maximum atomic E-state index is 6.26. The summed E-state index contributed by atoms with van der Waals surface area (Å²) in [4.78, 5) is 0. The van der Waals surface area contributed by atoms with Crippen LogP contribution < -0.4 is 5.46 Å². The molecule has 2 nitrogen and oxygen atoms in total. The van der Waals surface area contributed by atoms with E-state index < -0.39 is 0 Å². The largest absolute Gasteiger partial charge is 0.413 e. The van der Waals surface area contributed by atoms with Crippen molar-refractivity contribution in [2.75, 3.05) is 0 Å². The minimum atomic E-state index is -0.220. The molecule has 28 heavy (non-hydrogen) atoms. The standard InChI is InChI=1S/C19H16BO2.C5H5.Fe/c1-2-6-14-12-17-15(11-13(14)5-1)9-10-18-19(17)22-20(21-18)16-7-3-4-8-16;1-2-4-5-3-1;/h1-8,11-12,18-19H,9-10H2;1-5H;/q2*-1;/t18-,19+;;/m0../s1. The van der Waals surface area contributed by atoms with Crippen LogP contribution in [0.1, 0.15) is 23.7 Å². The van der Waals surface area contributed by atoms with Gasteiger partial charge < -0.3 is 9.31 Å². The summed E-state index contributed by atoms with van der Waals surface area (Å²) in [5.74, 6) is 0. The normalized spacial score (nSPS) is 19.9. The van der Waals surface area contributed by atoms with Crippen molar-refractivity contribution in [1.29, 1.82) is 0 Å². The van der Waals surface area contributed by atoms with Crippen LogP contribution in [-0.2, 0) is 32.8 Å². The van der Waals surface area contributed by atoms with Crippen LogP contribution >= 0.6 is 0 Å². The molecule has 142 valence electrons. The van der Waals surface area contributed by atoms with Gasteiger partial charge in [-0.05, 0) is 40.8 Å². The molecule has 4 aromatic rings. The van der Waals surface area contributed by atoms with Crippen LogP contribution in [0, 0.1) is 0 Å². The van der Waals surface area contributed by atoms with Crippen LogP contribution in [0.15, 0.2) is 91.0 Å². The van der Waals surface area contributed by atoms with Crippen molar-refractivity contribution in [2.45, 2.75) is 25.0 Å². The van der Waals surface area contributed by atoms with E-state index in [2.05, 4.69) is 48.5 Å². The van der Waals surface area contributed by atoms with Crippen LogP contribution in [0.2, 0.25) is 0 Å². The zero-order chi connectivity index (χ0) is 18.1. The van der Waals surface area contributed by atoms with Crippen molar-refractivity contribution in [3.05, 3.63) is 102 Å². The van der Waals surface area contributed by atoms with Crippen molar-refractivity contribution >= 4 is 23.4 Å². The zero-order valence-electron chi connectivity index (χ0n) is 15.5. The molecule has 0 bridgehead atoms. The van der Waals surface area contributed by atoms with Crippen LogP contribution in [0.3, 0.4) is 0 Å². The Morgan fingerprint density at radius 3 is 2.32 bits per heavy atom. The molecular formula is C24H21BFeO2-2. The number of fused-ring (bicyclic) bond motifs is 4. The minimum absolute atomic E-state index is 0. The van der Waals surface area contributed by atoms with Gasteiger partial charge in [-0.1, -0.05) is 30.3 Å². The number of benzene rings is 2. The molecule has 0 saturated carbocycles. The van der Waals surface area contributed by atoms with Gasteiger partial charge in [0.2, 0.25) is 0 Å². The third-order valence-electron chi connectivity index (χ3n) is 5.43. The summed E-state index contributed by atoms with van der Waals surface area (Å²) in [5, 5.41) is 2.59. The van der Waals surface area contributed by atoms with Crippen LogP contribution in [0.5, 0.6) is 0 Å². The van der Waals surface area contributed by atoms with Crippen molar-refractivity contribution in [3.8, 4) is 0 Å². The quantitative estimate of drug-likeness (QED) is 0.334. The first-order chi connectivity index (χ1) is 13.4. The Morgan fingerprint density at radius 2 is 1.64 bits per heavy atom. The Labute approximate surface area is 176 Å². The number of hydrogen-bond acceptors (Lipinski definition) is 2. The number of rotatable bonds is 1. The Morgan fingerprint density at radius 1 is 0.857 bits per heavy atom. The minimum Gasteiger partial charge on any atom is -0.413 e. The first-order valence-corrected chi connectivity index (χ1v) is 9.59. The molecule has 1 fully saturated rings. The summed E-state index contributed by atoms with van der Waals surface area (Å²) >= 11 is 0. The van der Waals surface area contributed by atoms with Gasteiger partial charge in [0, 0.05) is 17.1 Å². The van der Waals surface area contributed by atoms with E-state index >= 15 is 0 Å². The smallest absolute Gasteiger partial charge is 0.407 e. The first kappa shape index (κ1) is 19.2. The van der Waals surface area contributed by atoms with E-state index in [0.717, 1.165) is 18.3 Å². The molecule has 1 aliphatic heterocycles. The van der Waals surface area contributed by atoms with Gasteiger partial charge in [0.25, 0.3) is 0 Å². The van der Waals surface area contributed by atoms with Crippen LogP contribution in [0.4, 0.5) is 0 Å². The van der Waals surface area contributed by atoms with Crippen LogP contribution in [-0.4, -0.2) is 13.2 Å². The van der Waals surface area contributed by atoms with Gasteiger partial charge in [-0.15, -0.1) is 0 Å². The van der Waals surface area contributed by atoms with Gasteiger partial charge in [0.05, 0.1) is 12.2 Å². The Kier molecular flexibility index (Phi) is 5.84. The second kappa shape index (κ2) is 8.51. The maximum Gasteiger partial charge on any atom is 0.407 e. The third-order valence-corrected chi connectivity index (χ3v) is 5.43. The predicted octanol–water partition coefficient (Wildman–Crippen LogP) is 4.76. The first-order valence-electron chi connectivity index (χ1n) is 9.59. The Hall–Kier alpha value is -2.10. The molecule has 0 unspecified atom stereocenters. The number of hydrogen-bond donors (Lipinski definition) is 0. The molecule has 4 aromatic carbocycles. The van der Waals surface area contributed by atoms with Gasteiger partial charge in [0.1, 0.15) is 0 Å². The monoisotopic (exact) mass is 408 g/mol. The van der Waals surface area contributed by atoms with Crippen molar-refractivity contribution < 1.29 is 26.4 Å². The molecule has 2 aliphatic rings. The molecule has 0 N–H and O–H groups in total. The number of aryl methyl sites for hydroxylation is 1. The fourth-order valence-electron chi connectivity index (χ4n) is 4.08. The van der Waals surface area contributed by atoms with Crippen molar-refractivity contribution in [1.82, 2.24) is 0 Å².